The summed E-state index contributed by atoms with van der Waals surface area (Å²) in [7, 11) is 0. The Hall–Kier alpha value is -4.01. The Morgan fingerprint density at radius 1 is 0.914 bits per heavy atom. The third-order valence-corrected chi connectivity index (χ3v) is 5.18. The number of aromatic amines is 1. The third-order valence-electron chi connectivity index (χ3n) is 5.18. The Labute approximate surface area is 199 Å². The van der Waals surface area contributed by atoms with Gasteiger partial charge in [0.25, 0.3) is 0 Å². The van der Waals surface area contributed by atoms with Crippen molar-refractivity contribution in [2.75, 3.05) is 0 Å². The fraction of sp³-hybridized carbons (Fsp3) is 0.550. The van der Waals surface area contributed by atoms with Gasteiger partial charge in [-0.05, 0) is 5.92 Å². The zero-order valence-electron chi connectivity index (χ0n) is 19.2. The van der Waals surface area contributed by atoms with Crippen molar-refractivity contribution in [2.45, 2.75) is 63.7 Å². The normalized spacial score (nSPS) is 15.1. The van der Waals surface area contributed by atoms with E-state index in [9.17, 15) is 28.8 Å². The zero-order valence-corrected chi connectivity index (χ0v) is 19.2. The lowest BCUT2D eigenvalue weighted by molar-refractivity contribution is -0.148. The van der Waals surface area contributed by atoms with Gasteiger partial charge in [-0.3, -0.25) is 24.0 Å². The van der Waals surface area contributed by atoms with Gasteiger partial charge in [0.15, 0.2) is 0 Å². The standard InChI is InChI=1S/C20H30N6O9/c1-3-9(2)16(21)19(33)25-11(4-10-7-22-8-23-10)17(31)24-12(5-14(27)28)18(32)26-13(20(34)35)6-15(29)30/h7-9,11-13,16H,3-6,21H2,1-2H3,(H,22,23)(H,24,31)(H,25,33)(H,26,32)(H,27,28)(H,29,30)(H,34,35). The first-order chi connectivity index (χ1) is 16.3. The second-order valence-electron chi connectivity index (χ2n) is 7.91. The lowest BCUT2D eigenvalue weighted by atomic mass is 9.98. The van der Waals surface area contributed by atoms with Crippen LogP contribution < -0.4 is 21.7 Å². The van der Waals surface area contributed by atoms with E-state index in [4.69, 9.17) is 21.1 Å². The molecule has 0 aromatic carbocycles. The van der Waals surface area contributed by atoms with Crippen molar-refractivity contribution < 1.29 is 44.1 Å². The molecule has 5 atom stereocenters. The van der Waals surface area contributed by atoms with Gasteiger partial charge in [-0.1, -0.05) is 20.3 Å². The number of hydrogen-bond acceptors (Lipinski definition) is 8. The van der Waals surface area contributed by atoms with Crippen LogP contribution in [0.2, 0.25) is 0 Å². The van der Waals surface area contributed by atoms with E-state index in [2.05, 4.69) is 20.6 Å². The average molecular weight is 498 g/mol. The molecule has 15 heteroatoms. The first-order valence-electron chi connectivity index (χ1n) is 10.7. The van der Waals surface area contributed by atoms with Crippen molar-refractivity contribution >= 4 is 35.6 Å². The molecule has 0 aliphatic heterocycles. The highest BCUT2D eigenvalue weighted by molar-refractivity contribution is 5.96. The fourth-order valence-electron chi connectivity index (χ4n) is 2.91. The Morgan fingerprint density at radius 2 is 1.43 bits per heavy atom. The molecule has 1 aromatic heterocycles. The number of nitrogens with one attached hydrogen (secondary N) is 4. The number of carboxylic acids is 3. The summed E-state index contributed by atoms with van der Waals surface area (Å²) in [6.07, 6.45) is 1.31. The van der Waals surface area contributed by atoms with Gasteiger partial charge in [0, 0.05) is 18.3 Å². The number of nitrogens with two attached hydrogens (primary N) is 1. The molecule has 0 fully saturated rings. The first-order valence-corrected chi connectivity index (χ1v) is 10.7. The zero-order chi connectivity index (χ0) is 26.7. The predicted molar refractivity (Wildman–Crippen MR) is 118 cm³/mol. The lowest BCUT2D eigenvalue weighted by Gasteiger charge is -2.25. The predicted octanol–water partition coefficient (Wildman–Crippen LogP) is -2.19. The van der Waals surface area contributed by atoms with Crippen LogP contribution in [0.5, 0.6) is 0 Å². The molecule has 0 spiro atoms. The molecular formula is C20H30N6O9. The van der Waals surface area contributed by atoms with Crippen LogP contribution in [0.3, 0.4) is 0 Å². The summed E-state index contributed by atoms with van der Waals surface area (Å²) < 4.78 is 0. The Bertz CT molecular complexity index is 920. The highest BCUT2D eigenvalue weighted by Gasteiger charge is 2.33. The van der Waals surface area contributed by atoms with Gasteiger partial charge in [-0.2, -0.15) is 0 Å². The van der Waals surface area contributed by atoms with Crippen LogP contribution in [0.25, 0.3) is 0 Å². The van der Waals surface area contributed by atoms with Gasteiger partial charge in [-0.15, -0.1) is 0 Å². The van der Waals surface area contributed by atoms with Gasteiger partial charge in [0.05, 0.1) is 25.2 Å². The minimum Gasteiger partial charge on any atom is -0.481 e. The number of H-pyrrole nitrogens is 1. The molecule has 1 heterocycles. The van der Waals surface area contributed by atoms with Crippen LogP contribution in [0.15, 0.2) is 12.5 Å². The van der Waals surface area contributed by atoms with E-state index < -0.39 is 72.6 Å². The van der Waals surface area contributed by atoms with Crippen molar-refractivity contribution in [1.29, 1.82) is 0 Å². The minimum absolute atomic E-state index is 0.108. The van der Waals surface area contributed by atoms with Crippen LogP contribution in [0.1, 0.15) is 38.8 Å². The number of imidazole rings is 1. The van der Waals surface area contributed by atoms with Crippen molar-refractivity contribution in [3.8, 4) is 0 Å². The van der Waals surface area contributed by atoms with Gasteiger partial charge in [0.1, 0.15) is 18.1 Å². The lowest BCUT2D eigenvalue weighted by Crippen LogP contribution is -2.58. The molecule has 0 aliphatic carbocycles. The van der Waals surface area contributed by atoms with E-state index >= 15 is 0 Å². The van der Waals surface area contributed by atoms with Crippen molar-refractivity contribution in [3.63, 3.8) is 0 Å². The van der Waals surface area contributed by atoms with Crippen LogP contribution in [-0.2, 0) is 35.2 Å². The maximum absolute atomic E-state index is 13.0. The van der Waals surface area contributed by atoms with E-state index in [0.29, 0.717) is 12.1 Å². The molecule has 1 rings (SSSR count). The van der Waals surface area contributed by atoms with E-state index in [0.717, 1.165) is 0 Å². The van der Waals surface area contributed by atoms with Gasteiger partial charge in [0.2, 0.25) is 17.7 Å². The summed E-state index contributed by atoms with van der Waals surface area (Å²) in [6.45, 7) is 3.58. The number of carbonyl (C=O) groups excluding carboxylic acids is 3. The molecule has 35 heavy (non-hydrogen) atoms. The van der Waals surface area contributed by atoms with Crippen LogP contribution in [0.4, 0.5) is 0 Å². The highest BCUT2D eigenvalue weighted by atomic mass is 16.4. The molecule has 5 unspecified atom stereocenters. The summed E-state index contributed by atoms with van der Waals surface area (Å²) in [5.41, 5.74) is 6.36. The smallest absolute Gasteiger partial charge is 0.326 e. The fourth-order valence-corrected chi connectivity index (χ4v) is 2.91. The molecule has 1 aromatic rings. The molecule has 194 valence electrons. The number of aliphatic carboxylic acids is 3. The second-order valence-corrected chi connectivity index (χ2v) is 7.91. The molecule has 9 N–H and O–H groups in total. The monoisotopic (exact) mass is 498 g/mol. The van der Waals surface area contributed by atoms with E-state index in [-0.39, 0.29) is 12.3 Å². The number of hydrogen-bond donors (Lipinski definition) is 8. The summed E-state index contributed by atoms with van der Waals surface area (Å²) in [6, 6.07) is -5.86. The molecule has 3 amide bonds. The van der Waals surface area contributed by atoms with Gasteiger partial charge >= 0.3 is 17.9 Å². The molecule has 15 nitrogen and oxygen atoms in total. The van der Waals surface area contributed by atoms with Gasteiger partial charge in [-0.25, -0.2) is 9.78 Å². The summed E-state index contributed by atoms with van der Waals surface area (Å²) in [5, 5.41) is 33.6. The maximum Gasteiger partial charge on any atom is 0.326 e. The Balaban J connectivity index is 3.09. The third kappa shape index (κ3) is 9.79. The number of amides is 3. The quantitative estimate of drug-likeness (QED) is 0.129. The summed E-state index contributed by atoms with van der Waals surface area (Å²) in [4.78, 5) is 78.0. The topological polar surface area (TPSA) is 254 Å². The van der Waals surface area contributed by atoms with Crippen molar-refractivity contribution in [3.05, 3.63) is 18.2 Å². The number of carboxylic acid groups (broad SMARTS) is 3. The van der Waals surface area contributed by atoms with E-state index in [1.54, 1.807) is 6.92 Å². The first kappa shape index (κ1) is 29.0. The number of carbonyl (C=O) groups is 6. The number of rotatable bonds is 15. The maximum atomic E-state index is 13.0. The average Bonchev–Trinajstić information content (AvgIpc) is 3.28. The van der Waals surface area contributed by atoms with Crippen molar-refractivity contribution in [1.82, 2.24) is 25.9 Å². The molecule has 0 bridgehead atoms. The molecule has 0 aliphatic rings. The molecule has 0 saturated carbocycles. The number of nitrogens with zero attached hydrogens (tertiary/aromatic N) is 1. The largest absolute Gasteiger partial charge is 0.481 e. The highest BCUT2D eigenvalue weighted by Crippen LogP contribution is 2.07. The number of aromatic nitrogens is 2. The van der Waals surface area contributed by atoms with Crippen LogP contribution in [-0.4, -0.2) is 85.1 Å². The van der Waals surface area contributed by atoms with Crippen LogP contribution >= 0.6 is 0 Å². The summed E-state index contributed by atoms with van der Waals surface area (Å²) in [5.74, 6) is -7.71. The second kappa shape index (κ2) is 13.6. The summed E-state index contributed by atoms with van der Waals surface area (Å²) >= 11 is 0. The minimum atomic E-state index is -1.86. The Morgan fingerprint density at radius 3 is 1.91 bits per heavy atom. The SMILES string of the molecule is CCC(C)C(N)C(=O)NC(Cc1cnc[nH]1)C(=O)NC(CC(=O)O)C(=O)NC(CC(=O)O)C(=O)O. The Kier molecular flexibility index (Phi) is 11.3. The van der Waals surface area contributed by atoms with Crippen molar-refractivity contribution in [2.24, 2.45) is 11.7 Å². The molecular weight excluding hydrogens is 468 g/mol. The van der Waals surface area contributed by atoms with E-state index in [1.807, 2.05) is 12.2 Å². The van der Waals surface area contributed by atoms with E-state index in [1.165, 1.54) is 12.5 Å². The molecule has 0 radical (unpaired) electrons. The van der Waals surface area contributed by atoms with Crippen LogP contribution in [0, 0.1) is 5.92 Å². The molecule has 0 saturated heterocycles. The van der Waals surface area contributed by atoms with Gasteiger partial charge < -0.3 is 42.0 Å².